The second-order valence-corrected chi connectivity index (χ2v) is 6.52. The van der Waals surface area contributed by atoms with E-state index in [1.54, 1.807) is 6.07 Å². The van der Waals surface area contributed by atoms with Crippen molar-refractivity contribution < 1.29 is 22.8 Å². The molecule has 1 aromatic carbocycles. The van der Waals surface area contributed by atoms with Gasteiger partial charge in [-0.1, -0.05) is 12.1 Å². The third kappa shape index (κ3) is 3.86. The van der Waals surface area contributed by atoms with Gasteiger partial charge >= 0.3 is 6.18 Å². The van der Waals surface area contributed by atoms with Crippen molar-refractivity contribution in [3.05, 3.63) is 56.2 Å². The van der Waals surface area contributed by atoms with Gasteiger partial charge in [0.15, 0.2) is 0 Å². The molecular formula is C13H8BrF3N2O2S. The Labute approximate surface area is 135 Å². The van der Waals surface area contributed by atoms with E-state index >= 15 is 0 Å². The summed E-state index contributed by atoms with van der Waals surface area (Å²) in [5, 5.41) is 0. The van der Waals surface area contributed by atoms with Gasteiger partial charge in [0, 0.05) is 0 Å². The summed E-state index contributed by atoms with van der Waals surface area (Å²) in [5.41, 5.74) is 2.41. The van der Waals surface area contributed by atoms with Crippen molar-refractivity contribution in [3.8, 4) is 0 Å². The molecule has 0 spiro atoms. The number of hydrogen-bond donors (Lipinski definition) is 2. The van der Waals surface area contributed by atoms with E-state index < -0.39 is 29.1 Å². The van der Waals surface area contributed by atoms with Gasteiger partial charge in [-0.25, -0.2) is 0 Å². The van der Waals surface area contributed by atoms with Gasteiger partial charge in [-0.2, -0.15) is 13.2 Å². The Kier molecular flexibility index (Phi) is 4.87. The number of rotatable bonds is 2. The molecule has 2 amide bonds. The zero-order valence-electron chi connectivity index (χ0n) is 10.7. The molecule has 0 unspecified atom stereocenters. The average Bonchev–Trinajstić information content (AvgIpc) is 2.90. The predicted molar refractivity (Wildman–Crippen MR) is 78.4 cm³/mol. The topological polar surface area (TPSA) is 58.2 Å². The quantitative estimate of drug-likeness (QED) is 0.767. The standard InChI is InChI=1S/C13H8BrF3N2O2S/c14-10-6-5-9(22-10)12(21)19-18-11(20)7-3-1-2-4-8(7)13(15,16)17/h1-6H,(H,18,20)(H,19,21). The fourth-order valence-corrected chi connectivity index (χ4v) is 2.89. The van der Waals surface area contributed by atoms with Crippen molar-refractivity contribution in [1.29, 1.82) is 0 Å². The summed E-state index contributed by atoms with van der Waals surface area (Å²) in [4.78, 5) is 23.8. The molecule has 0 atom stereocenters. The lowest BCUT2D eigenvalue weighted by atomic mass is 10.1. The number of amides is 2. The normalized spacial score (nSPS) is 11.1. The predicted octanol–water partition coefficient (Wildman–Crippen LogP) is 3.60. The van der Waals surface area contributed by atoms with Crippen LogP contribution in [-0.4, -0.2) is 11.8 Å². The summed E-state index contributed by atoms with van der Waals surface area (Å²) in [5.74, 6) is -1.66. The van der Waals surface area contributed by atoms with Crippen molar-refractivity contribution in [2.45, 2.75) is 6.18 Å². The molecular weight excluding hydrogens is 385 g/mol. The maximum atomic E-state index is 12.8. The van der Waals surface area contributed by atoms with Crippen LogP contribution in [0.3, 0.4) is 0 Å². The summed E-state index contributed by atoms with van der Waals surface area (Å²) in [6.45, 7) is 0. The number of carbonyl (C=O) groups excluding carboxylic acids is 2. The molecule has 0 saturated carbocycles. The molecule has 0 aliphatic rings. The molecule has 0 aliphatic carbocycles. The minimum absolute atomic E-state index is 0.302. The summed E-state index contributed by atoms with van der Waals surface area (Å²) >= 11 is 4.30. The van der Waals surface area contributed by atoms with Crippen LogP contribution in [0.25, 0.3) is 0 Å². The van der Waals surface area contributed by atoms with Gasteiger partial charge in [0.25, 0.3) is 11.8 Å². The van der Waals surface area contributed by atoms with E-state index in [2.05, 4.69) is 21.4 Å². The maximum absolute atomic E-state index is 12.8. The zero-order valence-corrected chi connectivity index (χ0v) is 13.1. The number of nitrogens with one attached hydrogen (secondary N) is 2. The Hall–Kier alpha value is -1.87. The van der Waals surface area contributed by atoms with Crippen LogP contribution in [0, 0.1) is 0 Å². The number of thiophene rings is 1. The van der Waals surface area contributed by atoms with E-state index in [1.807, 2.05) is 5.43 Å². The summed E-state index contributed by atoms with van der Waals surface area (Å²) < 4.78 is 39.1. The monoisotopic (exact) mass is 392 g/mol. The van der Waals surface area contributed by atoms with Crippen molar-refractivity contribution in [3.63, 3.8) is 0 Å². The molecule has 116 valence electrons. The molecule has 1 aromatic heterocycles. The molecule has 0 saturated heterocycles. The Morgan fingerprint density at radius 2 is 1.64 bits per heavy atom. The van der Waals surface area contributed by atoms with Gasteiger partial charge in [-0.05, 0) is 40.2 Å². The van der Waals surface area contributed by atoms with Gasteiger partial charge in [-0.15, -0.1) is 11.3 Å². The van der Waals surface area contributed by atoms with Crippen LogP contribution >= 0.6 is 27.3 Å². The lowest BCUT2D eigenvalue weighted by molar-refractivity contribution is -0.137. The first kappa shape index (κ1) is 16.5. The fraction of sp³-hybridized carbons (Fsp3) is 0.0769. The highest BCUT2D eigenvalue weighted by Gasteiger charge is 2.34. The third-order valence-corrected chi connectivity index (χ3v) is 4.19. The molecule has 2 aromatic rings. The second-order valence-electron chi connectivity index (χ2n) is 4.06. The van der Waals surface area contributed by atoms with E-state index in [0.29, 0.717) is 8.66 Å². The molecule has 0 bridgehead atoms. The van der Waals surface area contributed by atoms with Crippen LogP contribution in [0.4, 0.5) is 13.2 Å². The highest BCUT2D eigenvalue weighted by molar-refractivity contribution is 9.11. The largest absolute Gasteiger partial charge is 0.417 e. The van der Waals surface area contributed by atoms with Crippen LogP contribution in [0.1, 0.15) is 25.6 Å². The van der Waals surface area contributed by atoms with Gasteiger partial charge < -0.3 is 0 Å². The molecule has 2 N–H and O–H groups in total. The number of benzene rings is 1. The Morgan fingerprint density at radius 3 is 2.23 bits per heavy atom. The van der Waals surface area contributed by atoms with Gasteiger partial charge in [0.2, 0.25) is 0 Å². The molecule has 2 rings (SSSR count). The van der Waals surface area contributed by atoms with E-state index in [1.165, 1.54) is 18.2 Å². The van der Waals surface area contributed by atoms with Crippen molar-refractivity contribution in [1.82, 2.24) is 10.9 Å². The van der Waals surface area contributed by atoms with Gasteiger partial charge in [-0.3, -0.25) is 20.4 Å². The average molecular weight is 393 g/mol. The first-order valence-corrected chi connectivity index (χ1v) is 7.42. The molecule has 1 heterocycles. The Bertz CT molecular complexity index is 715. The number of carbonyl (C=O) groups is 2. The van der Waals surface area contributed by atoms with E-state index in [4.69, 9.17) is 0 Å². The van der Waals surface area contributed by atoms with E-state index in [-0.39, 0.29) is 0 Å². The fourth-order valence-electron chi connectivity index (χ4n) is 1.61. The third-order valence-electron chi connectivity index (χ3n) is 2.56. The summed E-state index contributed by atoms with van der Waals surface area (Å²) in [6, 6.07) is 7.48. The molecule has 0 fully saturated rings. The number of alkyl halides is 3. The summed E-state index contributed by atoms with van der Waals surface area (Å²) in [6.07, 6.45) is -4.66. The lowest BCUT2D eigenvalue weighted by Crippen LogP contribution is -2.42. The van der Waals surface area contributed by atoms with Gasteiger partial charge in [0.1, 0.15) is 0 Å². The van der Waals surface area contributed by atoms with Gasteiger partial charge in [0.05, 0.1) is 19.8 Å². The number of halogens is 4. The first-order chi connectivity index (χ1) is 10.3. The van der Waals surface area contributed by atoms with Crippen LogP contribution in [0.5, 0.6) is 0 Å². The van der Waals surface area contributed by atoms with Crippen LogP contribution in [0.2, 0.25) is 0 Å². The number of hydrazine groups is 1. The van der Waals surface area contributed by atoms with Crippen molar-refractivity contribution in [2.24, 2.45) is 0 Å². The van der Waals surface area contributed by atoms with E-state index in [9.17, 15) is 22.8 Å². The maximum Gasteiger partial charge on any atom is 0.417 e. The smallest absolute Gasteiger partial charge is 0.267 e. The molecule has 22 heavy (non-hydrogen) atoms. The summed E-state index contributed by atoms with van der Waals surface area (Å²) in [7, 11) is 0. The molecule has 0 radical (unpaired) electrons. The Morgan fingerprint density at radius 1 is 1.00 bits per heavy atom. The molecule has 0 aliphatic heterocycles. The van der Waals surface area contributed by atoms with Crippen LogP contribution in [-0.2, 0) is 6.18 Å². The van der Waals surface area contributed by atoms with Crippen molar-refractivity contribution in [2.75, 3.05) is 0 Å². The zero-order chi connectivity index (χ0) is 16.3. The Balaban J connectivity index is 2.09. The van der Waals surface area contributed by atoms with Crippen LogP contribution < -0.4 is 10.9 Å². The van der Waals surface area contributed by atoms with Crippen LogP contribution in [0.15, 0.2) is 40.2 Å². The molecule has 4 nitrogen and oxygen atoms in total. The SMILES string of the molecule is O=C(NNC(=O)c1ccccc1C(F)(F)F)c1ccc(Br)s1. The first-order valence-electron chi connectivity index (χ1n) is 5.81. The highest BCUT2D eigenvalue weighted by Crippen LogP contribution is 2.31. The van der Waals surface area contributed by atoms with Crippen molar-refractivity contribution >= 4 is 39.1 Å². The lowest BCUT2D eigenvalue weighted by Gasteiger charge is -2.12. The van der Waals surface area contributed by atoms with E-state index in [0.717, 1.165) is 23.5 Å². The second kappa shape index (κ2) is 6.49. The number of hydrogen-bond acceptors (Lipinski definition) is 3. The minimum atomic E-state index is -4.66. The highest BCUT2D eigenvalue weighted by atomic mass is 79.9. The minimum Gasteiger partial charge on any atom is -0.267 e. The molecule has 9 heteroatoms.